The van der Waals surface area contributed by atoms with E-state index in [0.29, 0.717) is 5.92 Å². The first kappa shape index (κ1) is 15.8. The van der Waals surface area contributed by atoms with Crippen molar-refractivity contribution in [3.8, 4) is 0 Å². The van der Waals surface area contributed by atoms with Gasteiger partial charge in [0.1, 0.15) is 0 Å². The highest BCUT2D eigenvalue weighted by Crippen LogP contribution is 2.62. The SMILES string of the molecule is CC12CC(c3cccs3)(c3cccs3)C(c3ccccc31)c1cccc[n+]12. The van der Waals surface area contributed by atoms with Gasteiger partial charge in [-0.1, -0.05) is 42.5 Å². The van der Waals surface area contributed by atoms with E-state index < -0.39 is 0 Å². The number of hydrogen-bond acceptors (Lipinski definition) is 2. The van der Waals surface area contributed by atoms with E-state index in [1.54, 1.807) is 0 Å². The highest BCUT2D eigenvalue weighted by Gasteiger charge is 2.65. The summed E-state index contributed by atoms with van der Waals surface area (Å²) < 4.78 is 2.54. The van der Waals surface area contributed by atoms with Crippen LogP contribution in [-0.2, 0) is 11.0 Å². The number of hydrogen-bond donors (Lipinski definition) is 0. The van der Waals surface area contributed by atoms with Gasteiger partial charge in [0.25, 0.3) is 0 Å². The third-order valence-corrected chi connectivity index (χ3v) is 8.70. The van der Waals surface area contributed by atoms with Crippen molar-refractivity contribution in [1.82, 2.24) is 0 Å². The smallest absolute Gasteiger partial charge is 0.192 e. The Morgan fingerprint density at radius 2 is 1.56 bits per heavy atom. The van der Waals surface area contributed by atoms with Crippen molar-refractivity contribution in [3.05, 3.63) is 110 Å². The zero-order chi connectivity index (χ0) is 18.1. The Morgan fingerprint density at radius 1 is 0.852 bits per heavy atom. The number of aromatic nitrogens is 1. The molecule has 1 aliphatic carbocycles. The molecule has 7 rings (SSSR count). The van der Waals surface area contributed by atoms with Crippen LogP contribution in [-0.4, -0.2) is 0 Å². The molecule has 0 spiro atoms. The van der Waals surface area contributed by atoms with Crippen LogP contribution in [0.1, 0.15) is 45.8 Å². The van der Waals surface area contributed by atoms with Crippen molar-refractivity contribution < 1.29 is 4.57 Å². The van der Waals surface area contributed by atoms with Crippen LogP contribution in [0.15, 0.2) is 83.7 Å². The number of pyridine rings is 1. The molecule has 2 bridgehead atoms. The predicted octanol–water partition coefficient (Wildman–Crippen LogP) is 5.70. The molecule has 3 heteroatoms. The van der Waals surface area contributed by atoms with Crippen molar-refractivity contribution in [2.45, 2.75) is 30.2 Å². The maximum atomic E-state index is 2.54. The summed E-state index contributed by atoms with van der Waals surface area (Å²) in [6.07, 6.45) is 3.38. The van der Waals surface area contributed by atoms with Crippen molar-refractivity contribution in [3.63, 3.8) is 0 Å². The normalized spacial score (nSPS) is 24.4. The molecule has 2 aliphatic heterocycles. The lowest BCUT2D eigenvalue weighted by Crippen LogP contribution is -2.69. The van der Waals surface area contributed by atoms with Gasteiger partial charge >= 0.3 is 0 Å². The third kappa shape index (κ3) is 1.86. The largest absolute Gasteiger partial charge is 0.192 e. The van der Waals surface area contributed by atoms with Crippen LogP contribution in [0.25, 0.3) is 0 Å². The van der Waals surface area contributed by atoms with Crippen molar-refractivity contribution >= 4 is 22.7 Å². The van der Waals surface area contributed by atoms with Crippen LogP contribution in [0, 0.1) is 0 Å². The molecule has 0 saturated carbocycles. The maximum Gasteiger partial charge on any atom is 0.192 e. The lowest BCUT2D eigenvalue weighted by Gasteiger charge is -2.52. The van der Waals surface area contributed by atoms with Crippen LogP contribution in [0.4, 0.5) is 0 Å². The molecule has 4 aromatic rings. The lowest BCUT2D eigenvalue weighted by molar-refractivity contribution is -0.769. The predicted molar refractivity (Wildman–Crippen MR) is 112 cm³/mol. The lowest BCUT2D eigenvalue weighted by atomic mass is 9.53. The molecule has 1 aromatic carbocycles. The molecule has 1 nitrogen and oxygen atoms in total. The summed E-state index contributed by atoms with van der Waals surface area (Å²) in [5, 5.41) is 4.47. The van der Waals surface area contributed by atoms with Gasteiger partial charge in [-0.05, 0) is 28.5 Å². The maximum absolute atomic E-state index is 2.54. The van der Waals surface area contributed by atoms with Gasteiger partial charge in [0.15, 0.2) is 17.4 Å². The van der Waals surface area contributed by atoms with E-state index in [1.807, 2.05) is 22.7 Å². The number of nitrogens with zero attached hydrogens (tertiary/aromatic N) is 1. The monoisotopic (exact) mass is 386 g/mol. The number of thiophene rings is 2. The number of benzene rings is 1. The number of fused-ring (bicyclic) bond motifs is 1. The molecule has 27 heavy (non-hydrogen) atoms. The van der Waals surface area contributed by atoms with E-state index in [9.17, 15) is 0 Å². The molecular formula is C24H20NS2+. The van der Waals surface area contributed by atoms with Gasteiger partial charge in [-0.3, -0.25) is 0 Å². The Bertz CT molecular complexity index is 1040. The molecule has 3 aliphatic rings. The van der Waals surface area contributed by atoms with E-state index in [0.717, 1.165) is 6.42 Å². The van der Waals surface area contributed by atoms with Crippen LogP contribution < -0.4 is 4.57 Å². The molecule has 2 atom stereocenters. The first-order chi connectivity index (χ1) is 13.2. The molecule has 132 valence electrons. The van der Waals surface area contributed by atoms with Gasteiger partial charge in [-0.15, -0.1) is 22.7 Å². The van der Waals surface area contributed by atoms with Gasteiger partial charge in [0.05, 0.1) is 11.3 Å². The summed E-state index contributed by atoms with van der Waals surface area (Å²) >= 11 is 3.82. The molecule has 0 fully saturated rings. The molecule has 0 amide bonds. The zero-order valence-corrected chi connectivity index (χ0v) is 16.8. The molecule has 0 saturated heterocycles. The molecular weight excluding hydrogens is 366 g/mol. The summed E-state index contributed by atoms with van der Waals surface area (Å²) in [5.41, 5.74) is 4.39. The molecule has 0 radical (unpaired) electrons. The minimum atomic E-state index is -0.0457. The van der Waals surface area contributed by atoms with Crippen molar-refractivity contribution in [2.24, 2.45) is 0 Å². The van der Waals surface area contributed by atoms with E-state index >= 15 is 0 Å². The van der Waals surface area contributed by atoms with Gasteiger partial charge in [0, 0.05) is 40.8 Å². The Balaban J connectivity index is 1.77. The highest BCUT2D eigenvalue weighted by atomic mass is 32.1. The average molecular weight is 387 g/mol. The van der Waals surface area contributed by atoms with Crippen LogP contribution >= 0.6 is 22.7 Å². The fraction of sp³-hybridized carbons (Fsp3) is 0.208. The van der Waals surface area contributed by atoms with E-state index in [-0.39, 0.29) is 11.0 Å². The summed E-state index contributed by atoms with van der Waals surface area (Å²) in [4.78, 5) is 2.98. The Hall–Kier alpha value is -2.23. The first-order valence-corrected chi connectivity index (χ1v) is 11.2. The highest BCUT2D eigenvalue weighted by molar-refractivity contribution is 7.11. The fourth-order valence-corrected chi connectivity index (χ4v) is 7.66. The summed E-state index contributed by atoms with van der Waals surface area (Å²) in [6.45, 7) is 2.43. The Morgan fingerprint density at radius 3 is 2.26 bits per heavy atom. The van der Waals surface area contributed by atoms with Crippen molar-refractivity contribution in [1.29, 1.82) is 0 Å². The second-order valence-electron chi connectivity index (χ2n) is 7.89. The topological polar surface area (TPSA) is 3.88 Å². The van der Waals surface area contributed by atoms with Crippen LogP contribution in [0.3, 0.4) is 0 Å². The Kier molecular flexibility index (Phi) is 3.16. The van der Waals surface area contributed by atoms with Gasteiger partial charge in [-0.25, -0.2) is 0 Å². The van der Waals surface area contributed by atoms with Gasteiger partial charge < -0.3 is 0 Å². The second kappa shape index (κ2) is 5.40. The third-order valence-electron chi connectivity index (χ3n) is 6.61. The molecule has 3 aromatic heterocycles. The van der Waals surface area contributed by atoms with E-state index in [4.69, 9.17) is 0 Å². The quantitative estimate of drug-likeness (QED) is 0.389. The molecule has 0 N–H and O–H groups in total. The average Bonchev–Trinajstić information content (AvgIpc) is 3.42. The first-order valence-electron chi connectivity index (χ1n) is 9.43. The van der Waals surface area contributed by atoms with E-state index in [1.165, 1.54) is 26.6 Å². The van der Waals surface area contributed by atoms with E-state index in [2.05, 4.69) is 95.2 Å². The minimum absolute atomic E-state index is 0.00674. The minimum Gasteiger partial charge on any atom is -0.192 e. The van der Waals surface area contributed by atoms with Crippen LogP contribution in [0.2, 0.25) is 0 Å². The summed E-state index contributed by atoms with van der Waals surface area (Å²) in [5.74, 6) is 0.342. The van der Waals surface area contributed by atoms with Crippen molar-refractivity contribution in [2.75, 3.05) is 0 Å². The zero-order valence-electron chi connectivity index (χ0n) is 15.1. The molecule has 5 heterocycles. The summed E-state index contributed by atoms with van der Waals surface area (Å²) in [7, 11) is 0. The Labute approximate surface area is 167 Å². The second-order valence-corrected chi connectivity index (χ2v) is 9.79. The van der Waals surface area contributed by atoms with Gasteiger partial charge in [0.2, 0.25) is 0 Å². The van der Waals surface area contributed by atoms with Crippen LogP contribution in [0.5, 0.6) is 0 Å². The summed E-state index contributed by atoms with van der Waals surface area (Å²) in [6, 6.07) is 25.0. The standard InChI is InChI=1S/C24H20NS2/c1-23-16-24(20-11-6-14-26-20,21-12-7-15-27-21)22(17-8-2-3-9-18(17)23)19-10-4-5-13-25(19)23/h2-15,22H,16H2,1H3/q+1. The van der Waals surface area contributed by atoms with Gasteiger partial charge in [-0.2, -0.15) is 4.57 Å². The number of rotatable bonds is 2. The molecule has 2 unspecified atom stereocenters. The fourth-order valence-electron chi connectivity index (χ4n) is 5.66.